The summed E-state index contributed by atoms with van der Waals surface area (Å²) < 4.78 is 4.74. The molecule has 1 aromatic heterocycles. The van der Waals surface area contributed by atoms with E-state index < -0.39 is 0 Å². The van der Waals surface area contributed by atoms with Crippen molar-refractivity contribution in [3.8, 4) is 0 Å². The number of ether oxygens (including phenoxy) is 1. The highest BCUT2D eigenvalue weighted by Crippen LogP contribution is 2.20. The molecule has 0 saturated carbocycles. The van der Waals surface area contributed by atoms with Gasteiger partial charge in [-0.2, -0.15) is 4.98 Å². The molecule has 0 atom stereocenters. The van der Waals surface area contributed by atoms with Crippen molar-refractivity contribution in [1.82, 2.24) is 9.97 Å². The van der Waals surface area contributed by atoms with Crippen molar-refractivity contribution >= 4 is 29.1 Å². The Bertz CT molecular complexity index is 941. The lowest BCUT2D eigenvalue weighted by molar-refractivity contribution is 0.0601. The maximum atomic E-state index is 11.6. The van der Waals surface area contributed by atoms with Gasteiger partial charge in [0.2, 0.25) is 5.95 Å². The molecule has 6 nitrogen and oxygen atoms in total. The van der Waals surface area contributed by atoms with Gasteiger partial charge in [0, 0.05) is 17.6 Å². The third kappa shape index (κ3) is 4.16. The van der Waals surface area contributed by atoms with Gasteiger partial charge < -0.3 is 15.4 Å². The summed E-state index contributed by atoms with van der Waals surface area (Å²) in [5, 5.41) is 6.37. The largest absolute Gasteiger partial charge is 0.465 e. The molecule has 0 spiro atoms. The molecule has 6 heteroatoms. The van der Waals surface area contributed by atoms with E-state index in [4.69, 9.17) is 4.74 Å². The van der Waals surface area contributed by atoms with E-state index in [9.17, 15) is 4.79 Å². The first-order chi connectivity index (χ1) is 12.5. The number of methoxy groups -OCH3 is 1. The van der Waals surface area contributed by atoms with E-state index in [1.165, 1.54) is 18.2 Å². The number of aryl methyl sites for hydroxylation is 2. The maximum Gasteiger partial charge on any atom is 0.337 e. The number of benzene rings is 2. The van der Waals surface area contributed by atoms with E-state index in [0.29, 0.717) is 17.3 Å². The summed E-state index contributed by atoms with van der Waals surface area (Å²) in [5.74, 6) is 0.726. The third-order valence-electron chi connectivity index (χ3n) is 3.97. The zero-order valence-corrected chi connectivity index (χ0v) is 14.9. The SMILES string of the molecule is COC(=O)c1cccc(Nc2ccnc(Nc3ccc(C)c(C)c3)n2)c1. The highest BCUT2D eigenvalue weighted by molar-refractivity contribution is 5.90. The molecule has 26 heavy (non-hydrogen) atoms. The molecule has 3 aromatic rings. The second-order valence-electron chi connectivity index (χ2n) is 5.89. The highest BCUT2D eigenvalue weighted by atomic mass is 16.5. The van der Waals surface area contributed by atoms with Gasteiger partial charge in [-0.25, -0.2) is 9.78 Å². The normalized spacial score (nSPS) is 10.3. The molecule has 0 unspecified atom stereocenters. The van der Waals surface area contributed by atoms with Gasteiger partial charge in [0.15, 0.2) is 0 Å². The van der Waals surface area contributed by atoms with E-state index in [2.05, 4.69) is 46.6 Å². The summed E-state index contributed by atoms with van der Waals surface area (Å²) in [5.41, 5.74) is 4.57. The highest BCUT2D eigenvalue weighted by Gasteiger charge is 2.07. The smallest absolute Gasteiger partial charge is 0.337 e. The zero-order chi connectivity index (χ0) is 18.5. The number of rotatable bonds is 5. The van der Waals surface area contributed by atoms with Crippen LogP contribution in [0.25, 0.3) is 0 Å². The molecular formula is C20H20N4O2. The molecule has 0 amide bonds. The Morgan fingerprint density at radius 1 is 0.962 bits per heavy atom. The second-order valence-corrected chi connectivity index (χ2v) is 5.89. The van der Waals surface area contributed by atoms with Gasteiger partial charge in [-0.1, -0.05) is 12.1 Å². The Morgan fingerprint density at radius 3 is 2.54 bits per heavy atom. The quantitative estimate of drug-likeness (QED) is 0.667. The molecule has 0 bridgehead atoms. The molecule has 132 valence electrons. The van der Waals surface area contributed by atoms with E-state index in [0.717, 1.165) is 11.4 Å². The van der Waals surface area contributed by atoms with Crippen LogP contribution in [0.1, 0.15) is 21.5 Å². The first kappa shape index (κ1) is 17.4. The van der Waals surface area contributed by atoms with Crippen LogP contribution >= 0.6 is 0 Å². The van der Waals surface area contributed by atoms with Crippen LogP contribution in [0.5, 0.6) is 0 Å². The molecule has 0 aliphatic rings. The summed E-state index contributed by atoms with van der Waals surface area (Å²) >= 11 is 0. The van der Waals surface area contributed by atoms with Gasteiger partial charge in [-0.05, 0) is 61.4 Å². The zero-order valence-electron chi connectivity index (χ0n) is 14.9. The molecule has 0 fully saturated rings. The maximum absolute atomic E-state index is 11.6. The fourth-order valence-electron chi connectivity index (χ4n) is 2.43. The minimum absolute atomic E-state index is 0.381. The van der Waals surface area contributed by atoms with Crippen LogP contribution in [-0.4, -0.2) is 23.0 Å². The Kier molecular flexibility index (Phi) is 5.12. The van der Waals surface area contributed by atoms with Crippen molar-refractivity contribution in [2.75, 3.05) is 17.7 Å². The van der Waals surface area contributed by atoms with Crippen LogP contribution in [0.4, 0.5) is 23.1 Å². The lowest BCUT2D eigenvalue weighted by atomic mass is 10.1. The van der Waals surface area contributed by atoms with E-state index >= 15 is 0 Å². The van der Waals surface area contributed by atoms with Crippen LogP contribution in [0.3, 0.4) is 0 Å². The summed E-state index contributed by atoms with van der Waals surface area (Å²) in [7, 11) is 1.36. The number of nitrogens with one attached hydrogen (secondary N) is 2. The fraction of sp³-hybridized carbons (Fsp3) is 0.150. The molecule has 0 radical (unpaired) electrons. The number of esters is 1. The molecule has 3 rings (SSSR count). The number of anilines is 4. The number of aromatic nitrogens is 2. The van der Waals surface area contributed by atoms with Crippen LogP contribution in [0.15, 0.2) is 54.7 Å². The molecule has 0 aliphatic carbocycles. The second kappa shape index (κ2) is 7.65. The van der Waals surface area contributed by atoms with Crippen molar-refractivity contribution in [3.63, 3.8) is 0 Å². The number of nitrogens with zero attached hydrogens (tertiary/aromatic N) is 2. The van der Waals surface area contributed by atoms with Crippen molar-refractivity contribution in [3.05, 3.63) is 71.4 Å². The van der Waals surface area contributed by atoms with E-state index in [1.807, 2.05) is 12.1 Å². The molecule has 0 aliphatic heterocycles. The Hall–Kier alpha value is -3.41. The number of hydrogen-bond donors (Lipinski definition) is 2. The lowest BCUT2D eigenvalue weighted by Gasteiger charge is -2.10. The average molecular weight is 348 g/mol. The Balaban J connectivity index is 1.77. The summed E-state index contributed by atoms with van der Waals surface area (Å²) in [6, 6.07) is 14.9. The first-order valence-electron chi connectivity index (χ1n) is 8.18. The standard InChI is InChI=1S/C20H20N4O2/c1-13-7-8-17(11-14(13)2)23-20-21-10-9-18(24-20)22-16-6-4-5-15(12-16)19(25)26-3/h4-12H,1-3H3,(H2,21,22,23,24). The number of carbonyl (C=O) groups excluding carboxylic acids is 1. The molecule has 2 aromatic carbocycles. The number of hydrogen-bond acceptors (Lipinski definition) is 6. The minimum atomic E-state index is -0.381. The summed E-state index contributed by atoms with van der Waals surface area (Å²) in [6.07, 6.45) is 1.67. The van der Waals surface area contributed by atoms with Crippen LogP contribution in [0, 0.1) is 13.8 Å². The van der Waals surface area contributed by atoms with Crippen molar-refractivity contribution in [2.45, 2.75) is 13.8 Å². The van der Waals surface area contributed by atoms with Crippen molar-refractivity contribution in [1.29, 1.82) is 0 Å². The fourth-order valence-corrected chi connectivity index (χ4v) is 2.43. The Labute approximate surface area is 152 Å². The van der Waals surface area contributed by atoms with Gasteiger partial charge in [0.1, 0.15) is 5.82 Å². The van der Waals surface area contributed by atoms with Crippen molar-refractivity contribution < 1.29 is 9.53 Å². The van der Waals surface area contributed by atoms with Crippen LogP contribution in [-0.2, 0) is 4.74 Å². The lowest BCUT2D eigenvalue weighted by Crippen LogP contribution is -2.03. The summed E-state index contributed by atoms with van der Waals surface area (Å²) in [6.45, 7) is 4.14. The van der Waals surface area contributed by atoms with Gasteiger partial charge in [0.25, 0.3) is 0 Å². The van der Waals surface area contributed by atoms with Gasteiger partial charge >= 0.3 is 5.97 Å². The number of carbonyl (C=O) groups is 1. The van der Waals surface area contributed by atoms with Crippen LogP contribution < -0.4 is 10.6 Å². The van der Waals surface area contributed by atoms with Crippen molar-refractivity contribution in [2.24, 2.45) is 0 Å². The van der Waals surface area contributed by atoms with E-state index in [-0.39, 0.29) is 5.97 Å². The topological polar surface area (TPSA) is 76.1 Å². The van der Waals surface area contributed by atoms with Gasteiger partial charge in [-0.3, -0.25) is 0 Å². The molecular weight excluding hydrogens is 328 g/mol. The molecule has 2 N–H and O–H groups in total. The van der Waals surface area contributed by atoms with Gasteiger partial charge in [-0.15, -0.1) is 0 Å². The van der Waals surface area contributed by atoms with E-state index in [1.54, 1.807) is 30.5 Å². The van der Waals surface area contributed by atoms with Crippen LogP contribution in [0.2, 0.25) is 0 Å². The summed E-state index contributed by atoms with van der Waals surface area (Å²) in [4.78, 5) is 20.4. The predicted octanol–water partition coefficient (Wildman–Crippen LogP) is 4.37. The monoisotopic (exact) mass is 348 g/mol. The molecule has 0 saturated heterocycles. The third-order valence-corrected chi connectivity index (χ3v) is 3.97. The average Bonchev–Trinajstić information content (AvgIpc) is 2.64. The molecule has 1 heterocycles. The predicted molar refractivity (Wildman–Crippen MR) is 102 cm³/mol. The minimum Gasteiger partial charge on any atom is -0.465 e. The van der Waals surface area contributed by atoms with Gasteiger partial charge in [0.05, 0.1) is 12.7 Å². The Morgan fingerprint density at radius 2 is 1.77 bits per heavy atom. The first-order valence-corrected chi connectivity index (χ1v) is 8.18.